The molecule has 0 aliphatic heterocycles. The van der Waals surface area contributed by atoms with Gasteiger partial charge in [-0.1, -0.05) is 6.07 Å². The first-order chi connectivity index (χ1) is 8.54. The quantitative estimate of drug-likeness (QED) is 0.803. The molecule has 1 atom stereocenters. The number of pyridine rings is 1. The van der Waals surface area contributed by atoms with E-state index in [1.54, 1.807) is 13.1 Å². The molecule has 1 N–H and O–H groups in total. The highest BCUT2D eigenvalue weighted by Crippen LogP contribution is 2.15. The van der Waals surface area contributed by atoms with E-state index in [-0.39, 0.29) is 0 Å². The van der Waals surface area contributed by atoms with E-state index in [4.69, 9.17) is 0 Å². The van der Waals surface area contributed by atoms with Gasteiger partial charge in [-0.3, -0.25) is 0 Å². The van der Waals surface area contributed by atoms with Crippen LogP contribution in [0.25, 0.3) is 0 Å². The molecule has 0 saturated carbocycles. The van der Waals surface area contributed by atoms with E-state index in [9.17, 15) is 5.11 Å². The number of rotatable bonds is 7. The van der Waals surface area contributed by atoms with Crippen molar-refractivity contribution in [3.63, 3.8) is 0 Å². The van der Waals surface area contributed by atoms with Crippen molar-refractivity contribution in [1.29, 1.82) is 0 Å². The maximum Gasteiger partial charge on any atom is 0.128 e. The van der Waals surface area contributed by atoms with Gasteiger partial charge in [0.1, 0.15) is 5.82 Å². The Kier molecular flexibility index (Phi) is 6.09. The summed E-state index contributed by atoms with van der Waals surface area (Å²) in [6.45, 7) is 6.94. The molecule has 0 unspecified atom stereocenters. The summed E-state index contributed by atoms with van der Waals surface area (Å²) in [5.41, 5.74) is 0.864. The molecule has 0 aromatic carbocycles. The highest BCUT2D eigenvalue weighted by molar-refractivity contribution is 5.39. The summed E-state index contributed by atoms with van der Waals surface area (Å²) in [7, 11) is 4.18. The lowest BCUT2D eigenvalue weighted by Crippen LogP contribution is -2.27. The highest BCUT2D eigenvalue weighted by Gasteiger charge is 2.07. The standard InChI is InChI=1S/C14H25N3O/c1-5-17(10-6-9-16(3)4)14-8-7-13(11-15-14)12(2)18/h7-8,11-12,18H,5-6,9-10H2,1-4H3/t12-/m0/s1. The number of aromatic nitrogens is 1. The molecule has 1 aromatic rings. The minimum absolute atomic E-state index is 0.449. The number of aliphatic hydroxyl groups is 1. The monoisotopic (exact) mass is 251 g/mol. The topological polar surface area (TPSA) is 39.6 Å². The van der Waals surface area contributed by atoms with E-state index in [0.717, 1.165) is 37.4 Å². The Hall–Kier alpha value is -1.13. The minimum atomic E-state index is -0.449. The van der Waals surface area contributed by atoms with E-state index in [1.165, 1.54) is 0 Å². The van der Waals surface area contributed by atoms with Crippen LogP contribution in [0.2, 0.25) is 0 Å². The Labute approximate surface area is 110 Å². The first-order valence-electron chi connectivity index (χ1n) is 6.58. The van der Waals surface area contributed by atoms with Crippen LogP contribution < -0.4 is 4.90 Å². The predicted molar refractivity (Wildman–Crippen MR) is 75.9 cm³/mol. The van der Waals surface area contributed by atoms with Gasteiger partial charge in [-0.25, -0.2) is 4.98 Å². The van der Waals surface area contributed by atoms with Crippen LogP contribution in [-0.2, 0) is 0 Å². The Balaban J connectivity index is 2.58. The van der Waals surface area contributed by atoms with Crippen molar-refractivity contribution >= 4 is 5.82 Å². The van der Waals surface area contributed by atoms with Crippen LogP contribution in [0.4, 0.5) is 5.82 Å². The van der Waals surface area contributed by atoms with Gasteiger partial charge in [0.15, 0.2) is 0 Å². The summed E-state index contributed by atoms with van der Waals surface area (Å²) in [4.78, 5) is 8.87. The smallest absolute Gasteiger partial charge is 0.128 e. The van der Waals surface area contributed by atoms with Gasteiger partial charge in [0.05, 0.1) is 6.10 Å². The number of hydrogen-bond donors (Lipinski definition) is 1. The third-order valence-corrected chi connectivity index (χ3v) is 2.99. The van der Waals surface area contributed by atoms with Crippen LogP contribution in [0.5, 0.6) is 0 Å². The molecule has 0 radical (unpaired) electrons. The summed E-state index contributed by atoms with van der Waals surface area (Å²) < 4.78 is 0. The Morgan fingerprint density at radius 1 is 1.28 bits per heavy atom. The fraction of sp³-hybridized carbons (Fsp3) is 0.643. The fourth-order valence-corrected chi connectivity index (χ4v) is 1.84. The molecule has 0 spiro atoms. The molecular weight excluding hydrogens is 226 g/mol. The summed E-state index contributed by atoms with van der Waals surface area (Å²) in [6.07, 6.45) is 2.44. The first kappa shape index (κ1) is 14.9. The van der Waals surface area contributed by atoms with E-state index < -0.39 is 6.10 Å². The molecule has 0 aliphatic carbocycles. The molecule has 0 aliphatic rings. The van der Waals surface area contributed by atoms with Crippen LogP contribution in [-0.4, -0.2) is 48.7 Å². The molecule has 4 heteroatoms. The van der Waals surface area contributed by atoms with Crippen molar-refractivity contribution in [3.05, 3.63) is 23.9 Å². The van der Waals surface area contributed by atoms with Crippen molar-refractivity contribution in [1.82, 2.24) is 9.88 Å². The third kappa shape index (κ3) is 4.63. The van der Waals surface area contributed by atoms with Crippen LogP contribution >= 0.6 is 0 Å². The Morgan fingerprint density at radius 3 is 2.44 bits per heavy atom. The molecule has 0 saturated heterocycles. The summed E-state index contributed by atoms with van der Waals surface area (Å²) in [6, 6.07) is 3.93. The molecule has 18 heavy (non-hydrogen) atoms. The van der Waals surface area contributed by atoms with Gasteiger partial charge >= 0.3 is 0 Å². The van der Waals surface area contributed by atoms with Crippen LogP contribution in [0.15, 0.2) is 18.3 Å². The zero-order chi connectivity index (χ0) is 13.5. The van der Waals surface area contributed by atoms with Crippen molar-refractivity contribution < 1.29 is 5.11 Å². The van der Waals surface area contributed by atoms with Gasteiger partial charge in [0, 0.05) is 19.3 Å². The number of aliphatic hydroxyl groups excluding tert-OH is 1. The summed E-state index contributed by atoms with van der Waals surface area (Å²) >= 11 is 0. The molecule has 0 fully saturated rings. The van der Waals surface area contributed by atoms with E-state index in [0.29, 0.717) is 0 Å². The molecule has 1 rings (SSSR count). The maximum atomic E-state index is 9.45. The summed E-state index contributed by atoms with van der Waals surface area (Å²) in [5.74, 6) is 0.987. The van der Waals surface area contributed by atoms with Gasteiger partial charge in [-0.05, 0) is 52.5 Å². The van der Waals surface area contributed by atoms with Crippen LogP contribution in [0, 0.1) is 0 Å². The second kappa shape index (κ2) is 7.34. The number of hydrogen-bond acceptors (Lipinski definition) is 4. The van der Waals surface area contributed by atoms with Gasteiger partial charge in [-0.15, -0.1) is 0 Å². The third-order valence-electron chi connectivity index (χ3n) is 2.99. The van der Waals surface area contributed by atoms with Gasteiger partial charge < -0.3 is 14.9 Å². The predicted octanol–water partition coefficient (Wildman–Crippen LogP) is 1.91. The Morgan fingerprint density at radius 2 is 2.00 bits per heavy atom. The molecule has 4 nitrogen and oxygen atoms in total. The molecule has 1 heterocycles. The van der Waals surface area contributed by atoms with Gasteiger partial charge in [-0.2, -0.15) is 0 Å². The first-order valence-corrected chi connectivity index (χ1v) is 6.58. The Bertz CT molecular complexity index is 335. The number of anilines is 1. The molecule has 0 bridgehead atoms. The fourth-order valence-electron chi connectivity index (χ4n) is 1.84. The van der Waals surface area contributed by atoms with Gasteiger partial charge in [0.25, 0.3) is 0 Å². The number of nitrogens with zero attached hydrogens (tertiary/aromatic N) is 3. The van der Waals surface area contributed by atoms with Crippen LogP contribution in [0.3, 0.4) is 0 Å². The zero-order valence-corrected chi connectivity index (χ0v) is 11.9. The molecular formula is C14H25N3O. The second-order valence-electron chi connectivity index (χ2n) is 4.86. The van der Waals surface area contributed by atoms with Gasteiger partial charge in [0.2, 0.25) is 0 Å². The SMILES string of the molecule is CCN(CCCN(C)C)c1ccc([C@H](C)O)cn1. The van der Waals surface area contributed by atoms with Crippen LogP contribution in [0.1, 0.15) is 31.9 Å². The summed E-state index contributed by atoms with van der Waals surface area (Å²) in [5, 5.41) is 9.45. The lowest BCUT2D eigenvalue weighted by atomic mass is 10.2. The average Bonchev–Trinajstić information content (AvgIpc) is 2.34. The van der Waals surface area contributed by atoms with Crippen molar-refractivity contribution in [2.45, 2.75) is 26.4 Å². The van der Waals surface area contributed by atoms with E-state index >= 15 is 0 Å². The highest BCUT2D eigenvalue weighted by atomic mass is 16.3. The maximum absolute atomic E-state index is 9.45. The second-order valence-corrected chi connectivity index (χ2v) is 4.86. The lowest BCUT2D eigenvalue weighted by Gasteiger charge is -2.23. The molecule has 102 valence electrons. The van der Waals surface area contributed by atoms with E-state index in [2.05, 4.69) is 35.8 Å². The van der Waals surface area contributed by atoms with Crippen molar-refractivity contribution in [2.24, 2.45) is 0 Å². The lowest BCUT2D eigenvalue weighted by molar-refractivity contribution is 0.199. The normalized spacial score (nSPS) is 12.8. The largest absolute Gasteiger partial charge is 0.389 e. The molecule has 1 aromatic heterocycles. The van der Waals surface area contributed by atoms with Crippen molar-refractivity contribution in [2.75, 3.05) is 38.6 Å². The van der Waals surface area contributed by atoms with E-state index in [1.807, 2.05) is 12.1 Å². The molecule has 0 amide bonds. The zero-order valence-electron chi connectivity index (χ0n) is 11.9. The van der Waals surface area contributed by atoms with Crippen molar-refractivity contribution in [3.8, 4) is 0 Å². The average molecular weight is 251 g/mol. The minimum Gasteiger partial charge on any atom is -0.389 e.